The van der Waals surface area contributed by atoms with Crippen molar-refractivity contribution < 1.29 is 0 Å². The van der Waals surface area contributed by atoms with Crippen molar-refractivity contribution in [2.45, 2.75) is 12.8 Å². The molecule has 2 aromatic rings. The number of nitrogens with two attached hydrogens (primary N) is 1. The van der Waals surface area contributed by atoms with Gasteiger partial charge in [-0.15, -0.1) is 0 Å². The third-order valence-electron chi connectivity index (χ3n) is 2.86. The average molecular weight is 265 g/mol. The molecule has 0 aliphatic rings. The predicted octanol–water partition coefficient (Wildman–Crippen LogP) is 2.50. The first-order chi connectivity index (χ1) is 8.56. The number of halogens is 1. The molecule has 2 rings (SSSR count). The van der Waals surface area contributed by atoms with E-state index in [0.29, 0.717) is 11.1 Å². The highest BCUT2D eigenvalue weighted by Crippen LogP contribution is 2.17. The average Bonchev–Trinajstić information content (AvgIpc) is 2.66. The molecule has 0 atom stereocenters. The second-order valence-corrected chi connectivity index (χ2v) is 4.81. The van der Waals surface area contributed by atoms with Crippen LogP contribution in [-0.4, -0.2) is 24.1 Å². The van der Waals surface area contributed by atoms with Gasteiger partial charge in [0.1, 0.15) is 0 Å². The number of hydrogen-bond donors (Lipinski definition) is 2. The van der Waals surface area contributed by atoms with E-state index in [2.05, 4.69) is 39.1 Å². The van der Waals surface area contributed by atoms with Crippen LogP contribution in [-0.2, 0) is 12.8 Å². The van der Waals surface area contributed by atoms with Crippen LogP contribution < -0.4 is 10.6 Å². The van der Waals surface area contributed by atoms with Crippen molar-refractivity contribution in [2.24, 2.45) is 0 Å². The molecule has 5 heteroatoms. The molecule has 4 nitrogen and oxygen atoms in total. The van der Waals surface area contributed by atoms with Gasteiger partial charge in [-0.25, -0.2) is 4.98 Å². The Morgan fingerprint density at radius 3 is 2.39 bits per heavy atom. The van der Waals surface area contributed by atoms with Crippen LogP contribution in [0.2, 0.25) is 5.15 Å². The number of nitrogen functional groups attached to an aromatic ring is 1. The fourth-order valence-corrected chi connectivity index (χ4v) is 2.04. The third kappa shape index (κ3) is 2.96. The van der Waals surface area contributed by atoms with Gasteiger partial charge in [-0.3, -0.25) is 0 Å². The van der Waals surface area contributed by atoms with E-state index in [1.165, 1.54) is 11.3 Å². The van der Waals surface area contributed by atoms with E-state index in [-0.39, 0.29) is 0 Å². The molecule has 96 valence electrons. The number of rotatable bonds is 4. The van der Waals surface area contributed by atoms with Crippen LogP contribution in [0.4, 0.5) is 11.6 Å². The maximum atomic E-state index is 5.95. The van der Waals surface area contributed by atoms with Crippen LogP contribution in [0, 0.1) is 0 Å². The Morgan fingerprint density at radius 2 is 1.89 bits per heavy atom. The highest BCUT2D eigenvalue weighted by atomic mass is 35.5. The van der Waals surface area contributed by atoms with Gasteiger partial charge in [-0.05, 0) is 30.5 Å². The second kappa shape index (κ2) is 5.31. The van der Waals surface area contributed by atoms with Crippen LogP contribution in [0.3, 0.4) is 0 Å². The minimum atomic E-state index is 0.373. The summed E-state index contributed by atoms with van der Waals surface area (Å²) in [5.41, 5.74) is 8.90. The molecule has 0 radical (unpaired) electrons. The van der Waals surface area contributed by atoms with Crippen LogP contribution in [0.1, 0.15) is 11.3 Å². The minimum absolute atomic E-state index is 0.373. The highest BCUT2D eigenvalue weighted by Gasteiger charge is 2.06. The molecule has 0 amide bonds. The van der Waals surface area contributed by atoms with Crippen LogP contribution >= 0.6 is 11.6 Å². The summed E-state index contributed by atoms with van der Waals surface area (Å²) in [7, 11) is 4.06. The Balaban J connectivity index is 2.00. The van der Waals surface area contributed by atoms with Crippen molar-refractivity contribution in [3.8, 4) is 0 Å². The van der Waals surface area contributed by atoms with Gasteiger partial charge in [0.15, 0.2) is 11.1 Å². The normalized spacial score (nSPS) is 10.6. The maximum absolute atomic E-state index is 5.95. The van der Waals surface area contributed by atoms with Gasteiger partial charge in [-0.1, -0.05) is 23.7 Å². The number of H-pyrrole nitrogens is 1. The number of anilines is 2. The number of hydrogen-bond acceptors (Lipinski definition) is 3. The topological polar surface area (TPSA) is 57.9 Å². The molecule has 1 heterocycles. The molecular formula is C13H17ClN4. The molecule has 0 unspecified atom stereocenters. The van der Waals surface area contributed by atoms with Gasteiger partial charge in [0.05, 0.1) is 5.69 Å². The van der Waals surface area contributed by atoms with E-state index in [4.69, 9.17) is 17.3 Å². The molecule has 0 bridgehead atoms. The lowest BCUT2D eigenvalue weighted by Crippen LogP contribution is -2.08. The van der Waals surface area contributed by atoms with Crippen molar-refractivity contribution >= 4 is 23.2 Å². The minimum Gasteiger partial charge on any atom is -0.378 e. The number of imidazole rings is 1. The Bertz CT molecular complexity index is 516. The zero-order valence-electron chi connectivity index (χ0n) is 10.6. The molecule has 1 aromatic heterocycles. The van der Waals surface area contributed by atoms with Gasteiger partial charge in [0.2, 0.25) is 0 Å². The summed E-state index contributed by atoms with van der Waals surface area (Å²) in [6.07, 6.45) is 1.72. The van der Waals surface area contributed by atoms with Gasteiger partial charge in [-0.2, -0.15) is 0 Å². The summed E-state index contributed by atoms with van der Waals surface area (Å²) in [5.74, 6) is 0.373. The summed E-state index contributed by atoms with van der Waals surface area (Å²) in [5, 5.41) is 0.470. The lowest BCUT2D eigenvalue weighted by molar-refractivity contribution is 0.926. The van der Waals surface area contributed by atoms with E-state index in [9.17, 15) is 0 Å². The molecule has 0 aliphatic heterocycles. The smallest absolute Gasteiger partial charge is 0.199 e. The summed E-state index contributed by atoms with van der Waals surface area (Å²) in [4.78, 5) is 8.99. The Morgan fingerprint density at radius 1 is 1.22 bits per heavy atom. The first kappa shape index (κ1) is 12.8. The van der Waals surface area contributed by atoms with Crippen LogP contribution in [0.15, 0.2) is 24.3 Å². The van der Waals surface area contributed by atoms with Gasteiger partial charge >= 0.3 is 0 Å². The van der Waals surface area contributed by atoms with Crippen molar-refractivity contribution in [3.05, 3.63) is 40.7 Å². The van der Waals surface area contributed by atoms with Crippen molar-refractivity contribution in [1.29, 1.82) is 0 Å². The van der Waals surface area contributed by atoms with Crippen molar-refractivity contribution in [2.75, 3.05) is 24.7 Å². The maximum Gasteiger partial charge on any atom is 0.199 e. The summed E-state index contributed by atoms with van der Waals surface area (Å²) in [6.45, 7) is 0. The Hall–Kier alpha value is -1.68. The number of aromatic nitrogens is 2. The largest absolute Gasteiger partial charge is 0.378 e. The number of benzene rings is 1. The van der Waals surface area contributed by atoms with E-state index in [1.807, 2.05) is 14.1 Å². The van der Waals surface area contributed by atoms with Crippen LogP contribution in [0.5, 0.6) is 0 Å². The third-order valence-corrected chi connectivity index (χ3v) is 3.18. The predicted molar refractivity (Wildman–Crippen MR) is 76.2 cm³/mol. The van der Waals surface area contributed by atoms with Gasteiger partial charge < -0.3 is 15.6 Å². The molecule has 18 heavy (non-hydrogen) atoms. The fraction of sp³-hybridized carbons (Fsp3) is 0.308. The monoisotopic (exact) mass is 264 g/mol. The molecule has 0 spiro atoms. The Kier molecular flexibility index (Phi) is 3.77. The van der Waals surface area contributed by atoms with Crippen LogP contribution in [0.25, 0.3) is 0 Å². The molecule has 0 aliphatic carbocycles. The zero-order chi connectivity index (χ0) is 13.1. The zero-order valence-corrected chi connectivity index (χ0v) is 11.3. The second-order valence-electron chi connectivity index (χ2n) is 4.45. The molecule has 0 saturated carbocycles. The molecule has 0 fully saturated rings. The summed E-state index contributed by atoms with van der Waals surface area (Å²) < 4.78 is 0. The van der Waals surface area contributed by atoms with Gasteiger partial charge in [0, 0.05) is 19.8 Å². The van der Waals surface area contributed by atoms with E-state index < -0.39 is 0 Å². The fourth-order valence-electron chi connectivity index (χ4n) is 1.80. The molecular weight excluding hydrogens is 248 g/mol. The number of aryl methyl sites for hydroxylation is 2. The summed E-state index contributed by atoms with van der Waals surface area (Å²) in [6, 6.07) is 8.47. The highest BCUT2D eigenvalue weighted by molar-refractivity contribution is 6.30. The standard InChI is InChI=1S/C13H17ClN4/c1-18(2)10-6-3-9(4-7-10)5-8-11-12(14)17-13(15)16-11/h3-4,6-7H,5,8H2,1-2H3,(H3,15,16,17). The first-order valence-corrected chi connectivity index (χ1v) is 6.20. The number of nitrogens with one attached hydrogen (secondary N) is 1. The van der Waals surface area contributed by atoms with E-state index in [1.54, 1.807) is 0 Å². The van der Waals surface area contributed by atoms with Crippen molar-refractivity contribution in [1.82, 2.24) is 9.97 Å². The first-order valence-electron chi connectivity index (χ1n) is 5.82. The molecule has 0 saturated heterocycles. The number of nitrogens with zero attached hydrogens (tertiary/aromatic N) is 2. The van der Waals surface area contributed by atoms with Crippen molar-refractivity contribution in [3.63, 3.8) is 0 Å². The van der Waals surface area contributed by atoms with Gasteiger partial charge in [0.25, 0.3) is 0 Å². The lowest BCUT2D eigenvalue weighted by Gasteiger charge is -2.12. The summed E-state index contributed by atoms with van der Waals surface area (Å²) >= 11 is 5.95. The quantitative estimate of drug-likeness (QED) is 0.892. The van der Waals surface area contributed by atoms with E-state index >= 15 is 0 Å². The SMILES string of the molecule is CN(C)c1ccc(CCc2[nH]c(N)nc2Cl)cc1. The molecule has 3 N–H and O–H groups in total. The molecule has 1 aromatic carbocycles. The Labute approximate surface area is 112 Å². The lowest BCUT2D eigenvalue weighted by atomic mass is 10.1. The van der Waals surface area contributed by atoms with E-state index in [0.717, 1.165) is 18.5 Å². The number of aromatic amines is 1.